The van der Waals surface area contributed by atoms with Crippen molar-refractivity contribution in [1.82, 2.24) is 10.2 Å². The average Bonchev–Trinajstić information content (AvgIpc) is 3.24. The second-order valence-corrected chi connectivity index (χ2v) is 9.01. The Morgan fingerprint density at radius 3 is 2.64 bits per heavy atom. The summed E-state index contributed by atoms with van der Waals surface area (Å²) >= 11 is 0. The number of fused-ring (bicyclic) bond motifs is 1. The van der Waals surface area contributed by atoms with E-state index in [0.29, 0.717) is 29.5 Å². The molecule has 2 N–H and O–H groups in total. The molecule has 2 heterocycles. The molecule has 2 aromatic carbocycles. The normalized spacial score (nSPS) is 16.6. The molecule has 1 aliphatic rings. The van der Waals surface area contributed by atoms with Crippen LogP contribution in [0.5, 0.6) is 17.4 Å². The molecule has 3 aromatic rings. The van der Waals surface area contributed by atoms with Gasteiger partial charge in [0.25, 0.3) is 0 Å². The van der Waals surface area contributed by atoms with E-state index in [9.17, 15) is 10.1 Å². The predicted octanol–water partition coefficient (Wildman–Crippen LogP) is 4.76. The molecule has 0 spiro atoms. The van der Waals surface area contributed by atoms with E-state index in [1.54, 1.807) is 25.3 Å². The molecule has 9 heteroatoms. The van der Waals surface area contributed by atoms with Crippen molar-refractivity contribution in [3.63, 3.8) is 0 Å². The molecule has 0 saturated heterocycles. The number of hydrogen-bond donors (Lipinski definition) is 2. The number of carbonyl (C=O) groups excluding carboxylic acids is 1. The van der Waals surface area contributed by atoms with E-state index in [0.717, 1.165) is 22.4 Å². The lowest BCUT2D eigenvalue weighted by atomic mass is 9.79. The van der Waals surface area contributed by atoms with Crippen LogP contribution in [0, 0.1) is 35.5 Å². The molecule has 9 nitrogen and oxygen atoms in total. The lowest BCUT2D eigenvalue weighted by molar-refractivity contribution is 0.0459. The van der Waals surface area contributed by atoms with E-state index in [1.807, 2.05) is 45.0 Å². The van der Waals surface area contributed by atoms with E-state index in [1.165, 1.54) is 0 Å². The number of hydrogen-bond acceptors (Lipinski definition) is 8. The Morgan fingerprint density at radius 2 is 1.97 bits per heavy atom. The molecule has 0 amide bonds. The molecule has 36 heavy (non-hydrogen) atoms. The van der Waals surface area contributed by atoms with Crippen molar-refractivity contribution in [3.05, 3.63) is 70.4 Å². The summed E-state index contributed by atoms with van der Waals surface area (Å²) in [6, 6.07) is 14.7. The van der Waals surface area contributed by atoms with Crippen LogP contribution in [0.3, 0.4) is 0 Å². The van der Waals surface area contributed by atoms with Crippen LogP contribution in [0.4, 0.5) is 0 Å². The molecule has 0 saturated carbocycles. The maximum atomic E-state index is 12.2. The van der Waals surface area contributed by atoms with Gasteiger partial charge < -0.3 is 18.9 Å². The number of methoxy groups -OCH3 is 1. The van der Waals surface area contributed by atoms with Crippen molar-refractivity contribution in [2.75, 3.05) is 13.7 Å². The van der Waals surface area contributed by atoms with Crippen LogP contribution in [-0.4, -0.2) is 35.8 Å². The minimum absolute atomic E-state index is 0.146. The Labute approximate surface area is 209 Å². The average molecular weight is 489 g/mol. The lowest BCUT2D eigenvalue weighted by Gasteiger charge is -2.28. The summed E-state index contributed by atoms with van der Waals surface area (Å²) in [5.41, 5.74) is 3.63. The molecule has 2 unspecified atom stereocenters. The van der Waals surface area contributed by atoms with Crippen LogP contribution in [0.15, 0.2) is 42.5 Å². The third-order valence-corrected chi connectivity index (χ3v) is 5.91. The Balaban J connectivity index is 1.56. The number of benzene rings is 2. The van der Waals surface area contributed by atoms with Crippen LogP contribution in [0.1, 0.15) is 52.5 Å². The van der Waals surface area contributed by atoms with Crippen LogP contribution in [0.25, 0.3) is 0 Å². The summed E-state index contributed by atoms with van der Waals surface area (Å²) in [5.74, 6) is -0.154. The number of aryl methyl sites for hydroxylation is 1. The van der Waals surface area contributed by atoms with E-state index in [4.69, 9.17) is 24.4 Å². The summed E-state index contributed by atoms with van der Waals surface area (Å²) in [6.07, 6.45) is 0. The first kappa shape index (κ1) is 24.8. The molecule has 1 aliphatic heterocycles. The smallest absolute Gasteiger partial charge is 0.338 e. The highest BCUT2D eigenvalue weighted by Crippen LogP contribution is 2.44. The molecule has 0 radical (unpaired) electrons. The van der Waals surface area contributed by atoms with Crippen molar-refractivity contribution in [3.8, 4) is 23.4 Å². The number of aromatic amines is 1. The van der Waals surface area contributed by atoms with Gasteiger partial charge in [0.1, 0.15) is 12.5 Å². The number of H-pyrrole nitrogens is 1. The molecule has 186 valence electrons. The monoisotopic (exact) mass is 488 g/mol. The lowest BCUT2D eigenvalue weighted by Crippen LogP contribution is -2.31. The number of aromatic nitrogens is 2. The highest BCUT2D eigenvalue weighted by atomic mass is 16.5. The number of rotatable bonds is 8. The fraction of sp³-hybridized carbons (Fsp3) is 0.333. The van der Waals surface area contributed by atoms with Gasteiger partial charge in [-0.25, -0.2) is 4.79 Å². The second kappa shape index (κ2) is 10.5. The summed E-state index contributed by atoms with van der Waals surface area (Å²) in [7, 11) is 1.56. The highest BCUT2D eigenvalue weighted by molar-refractivity contribution is 5.89. The third-order valence-electron chi connectivity index (χ3n) is 5.91. The number of nitriles is 1. The molecule has 1 aromatic heterocycles. The number of carbonyl (C=O) groups is 1. The summed E-state index contributed by atoms with van der Waals surface area (Å²) < 4.78 is 22.3. The highest BCUT2D eigenvalue weighted by Gasteiger charge is 2.40. The van der Waals surface area contributed by atoms with Gasteiger partial charge in [-0.2, -0.15) is 5.26 Å². The van der Waals surface area contributed by atoms with Crippen molar-refractivity contribution >= 4 is 11.9 Å². The fourth-order valence-corrected chi connectivity index (χ4v) is 4.06. The number of ether oxygens (including phenoxy) is 4. The van der Waals surface area contributed by atoms with E-state index in [-0.39, 0.29) is 24.4 Å². The predicted molar refractivity (Wildman–Crippen MR) is 132 cm³/mol. The minimum Gasteiger partial charge on any atom is -0.493 e. The van der Waals surface area contributed by atoms with Crippen molar-refractivity contribution in [2.24, 2.45) is 11.8 Å². The standard InChI is InChI=1S/C27H28N4O5/c1-15(2)13-35-27(32)18-7-5-17(6-8-18)14-34-22-11-19(9-10-21(22)33-4)24-20(12-28)25(29)36-26-23(24)16(3)30-31-26/h5-11,15,20,24,29H,13-14H2,1-4H3,(H,30,31). The molecule has 0 aliphatic carbocycles. The Kier molecular flexibility index (Phi) is 7.25. The van der Waals surface area contributed by atoms with E-state index >= 15 is 0 Å². The first-order valence-corrected chi connectivity index (χ1v) is 11.6. The summed E-state index contributed by atoms with van der Waals surface area (Å²) in [5, 5.41) is 25.0. The molecule has 0 fully saturated rings. The quantitative estimate of drug-likeness (QED) is 0.437. The van der Waals surface area contributed by atoms with Gasteiger partial charge in [0.2, 0.25) is 11.8 Å². The van der Waals surface area contributed by atoms with Gasteiger partial charge >= 0.3 is 5.97 Å². The first-order chi connectivity index (χ1) is 17.3. The second-order valence-electron chi connectivity index (χ2n) is 9.01. The van der Waals surface area contributed by atoms with Crippen LogP contribution in [0.2, 0.25) is 0 Å². The van der Waals surface area contributed by atoms with Crippen LogP contribution >= 0.6 is 0 Å². The fourth-order valence-electron chi connectivity index (χ4n) is 4.06. The van der Waals surface area contributed by atoms with Crippen molar-refractivity contribution in [1.29, 1.82) is 10.7 Å². The van der Waals surface area contributed by atoms with E-state index in [2.05, 4.69) is 16.3 Å². The first-order valence-electron chi connectivity index (χ1n) is 11.6. The third kappa shape index (κ3) is 5.03. The van der Waals surface area contributed by atoms with Crippen LogP contribution in [-0.2, 0) is 11.3 Å². The van der Waals surface area contributed by atoms with Gasteiger partial charge in [-0.3, -0.25) is 10.5 Å². The van der Waals surface area contributed by atoms with Crippen molar-refractivity contribution < 1.29 is 23.7 Å². The zero-order valence-electron chi connectivity index (χ0n) is 20.6. The Morgan fingerprint density at radius 1 is 1.22 bits per heavy atom. The van der Waals surface area contributed by atoms with Gasteiger partial charge in [-0.05, 0) is 48.2 Å². The number of nitrogens with zero attached hydrogens (tertiary/aromatic N) is 2. The van der Waals surface area contributed by atoms with Gasteiger partial charge in [0.05, 0.1) is 25.3 Å². The minimum atomic E-state index is -0.807. The summed E-state index contributed by atoms with van der Waals surface area (Å²) in [4.78, 5) is 12.2. The molecular weight excluding hydrogens is 460 g/mol. The van der Waals surface area contributed by atoms with Gasteiger partial charge in [0.15, 0.2) is 11.5 Å². The zero-order valence-corrected chi connectivity index (χ0v) is 20.6. The molecule has 4 rings (SSSR count). The Bertz CT molecular complexity index is 1310. The SMILES string of the molecule is COc1ccc(C2c3c(n[nH]c3C)OC(=N)C2C#N)cc1OCc1ccc(C(=O)OCC(C)C)cc1. The Hall–Kier alpha value is -4.32. The zero-order chi connectivity index (χ0) is 25.8. The summed E-state index contributed by atoms with van der Waals surface area (Å²) in [6.45, 7) is 6.44. The number of esters is 1. The molecule has 2 atom stereocenters. The van der Waals surface area contributed by atoms with Gasteiger partial charge in [-0.1, -0.05) is 32.0 Å². The maximum absolute atomic E-state index is 12.2. The van der Waals surface area contributed by atoms with Gasteiger partial charge in [0, 0.05) is 17.2 Å². The maximum Gasteiger partial charge on any atom is 0.338 e. The topological polar surface area (TPSA) is 130 Å². The number of nitrogens with one attached hydrogen (secondary N) is 2. The van der Waals surface area contributed by atoms with E-state index < -0.39 is 11.8 Å². The van der Waals surface area contributed by atoms with Crippen molar-refractivity contribution in [2.45, 2.75) is 33.3 Å². The van der Waals surface area contributed by atoms with Gasteiger partial charge in [-0.15, -0.1) is 5.10 Å². The largest absolute Gasteiger partial charge is 0.493 e. The molecule has 0 bridgehead atoms. The molecular formula is C27H28N4O5. The van der Waals surface area contributed by atoms with Crippen LogP contribution < -0.4 is 14.2 Å².